The minimum Gasteiger partial charge on any atom is -0.544 e. The van der Waals surface area contributed by atoms with Crippen LogP contribution in [0.5, 0.6) is 0 Å². The number of ether oxygens (including phenoxy) is 2. The van der Waals surface area contributed by atoms with Crippen molar-refractivity contribution in [3.63, 3.8) is 0 Å². The van der Waals surface area contributed by atoms with Crippen molar-refractivity contribution in [1.29, 1.82) is 0 Å². The van der Waals surface area contributed by atoms with Crippen LogP contribution in [0.4, 0.5) is 0 Å². The first-order chi connectivity index (χ1) is 16.7. The summed E-state index contributed by atoms with van der Waals surface area (Å²) in [5, 5.41) is 21.1. The lowest BCUT2D eigenvalue weighted by atomic mass is 10.1. The van der Waals surface area contributed by atoms with Crippen molar-refractivity contribution in [3.8, 4) is 0 Å². The van der Waals surface area contributed by atoms with Gasteiger partial charge in [-0.25, -0.2) is 0 Å². The largest absolute Gasteiger partial charge is 0.544 e. The maximum atomic E-state index is 11.8. The molecule has 35 heavy (non-hydrogen) atoms. The third kappa shape index (κ3) is 20.8. The van der Waals surface area contributed by atoms with Gasteiger partial charge in [0.25, 0.3) is 0 Å². The fourth-order valence-corrected chi connectivity index (χ4v) is 3.25. The molecule has 0 aliphatic carbocycles. The summed E-state index contributed by atoms with van der Waals surface area (Å²) in [5.74, 6) is -1.44. The number of hydrogen-bond acceptors (Lipinski definition) is 6. The molecule has 0 aromatic rings. The molecule has 0 aromatic heterocycles. The molecule has 0 aromatic carbocycles. The van der Waals surface area contributed by atoms with Gasteiger partial charge in [-0.1, -0.05) is 74.8 Å². The van der Waals surface area contributed by atoms with Crippen LogP contribution in [0.25, 0.3) is 0 Å². The molecule has 0 saturated carbocycles. The van der Waals surface area contributed by atoms with Crippen molar-refractivity contribution >= 4 is 11.9 Å². The van der Waals surface area contributed by atoms with Crippen molar-refractivity contribution in [2.75, 3.05) is 41.0 Å². The number of aliphatic carboxylic acids is 1. The van der Waals surface area contributed by atoms with E-state index in [1.807, 2.05) is 30.4 Å². The average Bonchev–Trinajstić information content (AvgIpc) is 2.79. The van der Waals surface area contributed by atoms with Gasteiger partial charge in [-0.2, -0.15) is 0 Å². The number of unbranched alkanes of at least 4 members (excludes halogenated alkanes) is 5. The zero-order valence-corrected chi connectivity index (χ0v) is 22.2. The zero-order chi connectivity index (χ0) is 26.4. The van der Waals surface area contributed by atoms with Crippen LogP contribution in [0, 0.1) is 0 Å². The summed E-state index contributed by atoms with van der Waals surface area (Å²) in [7, 11) is 5.33. The topological polar surface area (TPSA) is 95.9 Å². The predicted molar refractivity (Wildman–Crippen MR) is 138 cm³/mol. The van der Waals surface area contributed by atoms with Crippen molar-refractivity contribution in [2.24, 2.45) is 0 Å². The summed E-state index contributed by atoms with van der Waals surface area (Å²) in [4.78, 5) is 23.0. The molecule has 0 amide bonds. The van der Waals surface area contributed by atoms with Crippen LogP contribution in [0.1, 0.15) is 64.7 Å². The first-order valence-electron chi connectivity index (χ1n) is 12.8. The number of likely N-dealkylation sites (N-methyl/N-ethyl adjacent to an activating group) is 1. The van der Waals surface area contributed by atoms with Crippen LogP contribution >= 0.6 is 0 Å². The Morgan fingerprint density at radius 1 is 0.886 bits per heavy atom. The van der Waals surface area contributed by atoms with E-state index in [0.29, 0.717) is 6.42 Å². The van der Waals surface area contributed by atoms with Crippen molar-refractivity contribution < 1.29 is 33.8 Å². The monoisotopic (exact) mass is 493 g/mol. The second kappa shape index (κ2) is 21.1. The number of nitrogens with zero attached hydrogens (tertiary/aromatic N) is 1. The molecule has 7 nitrogen and oxygen atoms in total. The molecule has 0 fully saturated rings. The van der Waals surface area contributed by atoms with Crippen molar-refractivity contribution in [3.05, 3.63) is 48.6 Å². The standard InChI is InChI=1S/C28H47NO6/c1-5-6-7-8-9-10-11-12-13-14-15-16-17-18-19-20-27(31)35-24-25(30)23-34-22-21-26(28(32)33)29(2,3)4/h6-13,25-26,30H,5,14-24H2,1-4H3/b7-6+,9-8+,11-10+,13-12+. The molecule has 0 aliphatic rings. The van der Waals surface area contributed by atoms with E-state index in [2.05, 4.69) is 25.2 Å². The van der Waals surface area contributed by atoms with Gasteiger partial charge in [0.15, 0.2) is 0 Å². The lowest BCUT2D eigenvalue weighted by Crippen LogP contribution is -2.55. The lowest BCUT2D eigenvalue weighted by molar-refractivity contribution is -0.889. The van der Waals surface area contributed by atoms with Crippen LogP contribution in [-0.2, 0) is 19.1 Å². The van der Waals surface area contributed by atoms with Crippen LogP contribution in [-0.4, -0.2) is 74.6 Å². The van der Waals surface area contributed by atoms with E-state index in [1.54, 1.807) is 21.1 Å². The Morgan fingerprint density at radius 2 is 1.49 bits per heavy atom. The maximum Gasteiger partial charge on any atom is 0.305 e. The van der Waals surface area contributed by atoms with E-state index in [0.717, 1.165) is 44.9 Å². The third-order valence-electron chi connectivity index (χ3n) is 5.30. The van der Waals surface area contributed by atoms with Gasteiger partial charge in [0.1, 0.15) is 18.8 Å². The summed E-state index contributed by atoms with van der Waals surface area (Å²) in [6.45, 7) is 2.16. The Hall–Kier alpha value is -2.22. The number of carboxylic acids is 1. The fourth-order valence-electron chi connectivity index (χ4n) is 3.25. The Bertz CT molecular complexity index is 675. The third-order valence-corrected chi connectivity index (χ3v) is 5.30. The summed E-state index contributed by atoms with van der Waals surface area (Å²) < 4.78 is 10.7. The van der Waals surface area contributed by atoms with Gasteiger partial charge in [0.05, 0.1) is 40.3 Å². The van der Waals surface area contributed by atoms with E-state index in [9.17, 15) is 19.8 Å². The smallest absolute Gasteiger partial charge is 0.305 e. The SMILES string of the molecule is CC/C=C/C=C/C=C/C=C/CCCCCCCC(=O)OCC(O)COCCC(C(=O)[O-])[N+](C)(C)C. The normalized spacial score (nSPS) is 14.4. The maximum absolute atomic E-state index is 11.8. The summed E-state index contributed by atoms with van der Waals surface area (Å²) >= 11 is 0. The Morgan fingerprint density at radius 3 is 2.11 bits per heavy atom. The summed E-state index contributed by atoms with van der Waals surface area (Å²) in [6.07, 6.45) is 23.4. The predicted octanol–water partition coefficient (Wildman–Crippen LogP) is 3.49. The molecule has 0 rings (SSSR count). The Kier molecular flexibility index (Phi) is 19.8. The number of rotatable bonds is 21. The second-order valence-electron chi connectivity index (χ2n) is 9.49. The number of allylic oxidation sites excluding steroid dienone is 8. The van der Waals surface area contributed by atoms with Crippen molar-refractivity contribution in [2.45, 2.75) is 76.9 Å². The van der Waals surface area contributed by atoms with E-state index in [4.69, 9.17) is 9.47 Å². The Labute approximate surface area is 212 Å². The number of hydrogen-bond donors (Lipinski definition) is 1. The first-order valence-corrected chi connectivity index (χ1v) is 12.8. The molecule has 7 heteroatoms. The van der Waals surface area contributed by atoms with E-state index in [-0.39, 0.29) is 36.7 Å². The highest BCUT2D eigenvalue weighted by atomic mass is 16.5. The summed E-state index contributed by atoms with van der Waals surface area (Å²) in [6, 6.07) is -0.691. The minimum atomic E-state index is -1.13. The number of esters is 1. The van der Waals surface area contributed by atoms with Gasteiger partial charge >= 0.3 is 5.97 Å². The van der Waals surface area contributed by atoms with Crippen LogP contribution in [0.2, 0.25) is 0 Å². The quantitative estimate of drug-likeness (QED) is 0.114. The van der Waals surface area contributed by atoms with E-state index >= 15 is 0 Å². The molecule has 2 unspecified atom stereocenters. The van der Waals surface area contributed by atoms with Crippen LogP contribution in [0.3, 0.4) is 0 Å². The molecule has 0 spiro atoms. The van der Waals surface area contributed by atoms with Crippen molar-refractivity contribution in [1.82, 2.24) is 0 Å². The molecule has 0 radical (unpaired) electrons. The Balaban J connectivity index is 3.68. The molecule has 0 heterocycles. The highest BCUT2D eigenvalue weighted by Crippen LogP contribution is 2.09. The fraction of sp³-hybridized carbons (Fsp3) is 0.643. The number of aliphatic hydroxyl groups excluding tert-OH is 1. The summed E-state index contributed by atoms with van der Waals surface area (Å²) in [5.41, 5.74) is 0. The highest BCUT2D eigenvalue weighted by Gasteiger charge is 2.24. The number of quaternary nitrogens is 1. The van der Waals surface area contributed by atoms with Crippen LogP contribution in [0.15, 0.2) is 48.6 Å². The van der Waals surface area contributed by atoms with Crippen LogP contribution < -0.4 is 5.11 Å². The minimum absolute atomic E-state index is 0.0125. The van der Waals surface area contributed by atoms with Gasteiger partial charge in [0.2, 0.25) is 0 Å². The number of carboxylic acid groups (broad SMARTS) is 1. The number of carbonyl (C=O) groups excluding carboxylic acids is 2. The number of aliphatic hydroxyl groups is 1. The van der Waals surface area contributed by atoms with Gasteiger partial charge < -0.3 is 29.0 Å². The second-order valence-corrected chi connectivity index (χ2v) is 9.49. The molecule has 0 saturated heterocycles. The first kappa shape index (κ1) is 32.8. The molecule has 1 N–H and O–H groups in total. The van der Waals surface area contributed by atoms with Gasteiger partial charge in [0, 0.05) is 12.8 Å². The molecular weight excluding hydrogens is 446 g/mol. The molecular formula is C28H47NO6. The van der Waals surface area contributed by atoms with E-state index < -0.39 is 18.1 Å². The average molecular weight is 494 g/mol. The highest BCUT2D eigenvalue weighted by molar-refractivity contribution is 5.69. The number of carbonyl (C=O) groups is 2. The molecule has 200 valence electrons. The van der Waals surface area contributed by atoms with E-state index in [1.165, 1.54) is 0 Å². The molecule has 0 aliphatic heterocycles. The molecule has 2 atom stereocenters. The molecule has 0 bridgehead atoms. The zero-order valence-electron chi connectivity index (χ0n) is 22.2. The van der Waals surface area contributed by atoms with Gasteiger partial charge in [-0.05, 0) is 25.7 Å². The van der Waals surface area contributed by atoms with Gasteiger partial charge in [-0.3, -0.25) is 4.79 Å². The lowest BCUT2D eigenvalue weighted by Gasteiger charge is -2.34. The van der Waals surface area contributed by atoms with Gasteiger partial charge in [-0.15, -0.1) is 0 Å².